The van der Waals surface area contributed by atoms with E-state index in [9.17, 15) is 0 Å². The zero-order valence-electron chi connectivity index (χ0n) is 40.3. The fourth-order valence-corrected chi connectivity index (χ4v) is 13.0. The minimum atomic E-state index is -0.195. The molecule has 0 N–H and O–H groups in total. The van der Waals surface area contributed by atoms with Crippen molar-refractivity contribution in [2.24, 2.45) is 0 Å². The minimum Gasteiger partial charge on any atom is -0.331 e. The third-order valence-corrected chi connectivity index (χ3v) is 16.2. The van der Waals surface area contributed by atoms with Gasteiger partial charge in [0.15, 0.2) is 0 Å². The average Bonchev–Trinajstić information content (AvgIpc) is 3.98. The van der Waals surface area contributed by atoms with E-state index in [1.165, 1.54) is 83.7 Å². The lowest BCUT2D eigenvalue weighted by atomic mass is 9.75. The Kier molecular flexibility index (Phi) is 9.40. The lowest BCUT2D eigenvalue weighted by molar-refractivity contribution is 0.563. The van der Waals surface area contributed by atoms with E-state index >= 15 is 0 Å². The number of benzene rings is 10. The fraction of sp³-hybridized carbons (Fsp3) is 0.0725. The first kappa shape index (κ1) is 41.6. The summed E-state index contributed by atoms with van der Waals surface area (Å²) in [6.45, 7) is 0. The molecule has 10 aromatic rings. The molecular formula is C69H50N4. The molecule has 3 aliphatic carbocycles. The van der Waals surface area contributed by atoms with Crippen molar-refractivity contribution in [3.8, 4) is 11.1 Å². The van der Waals surface area contributed by atoms with Gasteiger partial charge < -0.3 is 19.6 Å². The largest absolute Gasteiger partial charge is 0.331 e. The van der Waals surface area contributed by atoms with Gasteiger partial charge in [-0.1, -0.05) is 182 Å². The van der Waals surface area contributed by atoms with E-state index < -0.39 is 0 Å². The van der Waals surface area contributed by atoms with Crippen LogP contribution < -0.4 is 19.6 Å². The number of allylic oxidation sites excluding steroid dienone is 2. The molecule has 0 amide bonds. The minimum absolute atomic E-state index is 0.195. The first-order chi connectivity index (χ1) is 36.2. The highest BCUT2D eigenvalue weighted by Crippen LogP contribution is 2.59. The van der Waals surface area contributed by atoms with Gasteiger partial charge in [-0.05, 0) is 148 Å². The predicted octanol–water partition coefficient (Wildman–Crippen LogP) is 18.1. The molecular weight excluding hydrogens is 885 g/mol. The number of rotatable bonds is 6. The van der Waals surface area contributed by atoms with E-state index in [-0.39, 0.29) is 11.5 Å². The molecule has 4 heteroatoms. The average molecular weight is 935 g/mol. The Balaban J connectivity index is 0.816. The van der Waals surface area contributed by atoms with Gasteiger partial charge in [0.25, 0.3) is 0 Å². The van der Waals surface area contributed by atoms with Crippen LogP contribution in [-0.2, 0) is 18.3 Å². The highest BCUT2D eigenvalue weighted by molar-refractivity contribution is 6.09. The molecule has 0 fully saturated rings. The van der Waals surface area contributed by atoms with Gasteiger partial charge in [-0.15, -0.1) is 0 Å². The third kappa shape index (κ3) is 6.40. The first-order valence-electron chi connectivity index (χ1n) is 25.7. The van der Waals surface area contributed by atoms with Crippen LogP contribution in [0.2, 0.25) is 0 Å². The molecule has 4 nitrogen and oxygen atoms in total. The maximum atomic E-state index is 2.54. The molecule has 0 radical (unpaired) electrons. The van der Waals surface area contributed by atoms with Crippen LogP contribution in [0.3, 0.4) is 0 Å². The Hall–Kier alpha value is -9.12. The van der Waals surface area contributed by atoms with Gasteiger partial charge in [0.05, 0.1) is 57.2 Å². The molecule has 2 heterocycles. The summed E-state index contributed by atoms with van der Waals surface area (Å²) in [7, 11) is 0. The van der Waals surface area contributed by atoms with Crippen LogP contribution in [0, 0.1) is 0 Å². The normalized spacial score (nSPS) is 16.3. The maximum absolute atomic E-state index is 2.54. The van der Waals surface area contributed by atoms with Crippen molar-refractivity contribution in [3.05, 3.63) is 282 Å². The van der Waals surface area contributed by atoms with Crippen molar-refractivity contribution in [1.82, 2.24) is 0 Å². The fourth-order valence-electron chi connectivity index (χ4n) is 13.0. The van der Waals surface area contributed by atoms with E-state index in [0.717, 1.165) is 53.4 Å². The third-order valence-electron chi connectivity index (χ3n) is 16.2. The van der Waals surface area contributed by atoms with Crippen LogP contribution in [0.25, 0.3) is 34.1 Å². The Morgan fingerprint density at radius 2 is 0.904 bits per heavy atom. The second kappa shape index (κ2) is 16.5. The summed E-state index contributed by atoms with van der Waals surface area (Å²) in [5, 5.41) is 2.43. The summed E-state index contributed by atoms with van der Waals surface area (Å²) >= 11 is 0. The van der Waals surface area contributed by atoms with Crippen LogP contribution in [0.15, 0.2) is 249 Å². The highest BCUT2D eigenvalue weighted by atomic mass is 15.3. The van der Waals surface area contributed by atoms with Crippen LogP contribution in [0.5, 0.6) is 0 Å². The summed E-state index contributed by atoms with van der Waals surface area (Å²) in [4.78, 5) is 9.89. The molecule has 0 aromatic heterocycles. The van der Waals surface area contributed by atoms with Crippen LogP contribution in [0.4, 0.5) is 62.6 Å². The lowest BCUT2D eigenvalue weighted by Gasteiger charge is -2.43. The van der Waals surface area contributed by atoms with Crippen LogP contribution in [-0.4, -0.2) is 6.04 Å². The van der Waals surface area contributed by atoms with Gasteiger partial charge >= 0.3 is 0 Å². The zero-order chi connectivity index (χ0) is 48.0. The molecule has 0 bridgehead atoms. The van der Waals surface area contributed by atoms with Gasteiger partial charge in [0.1, 0.15) is 0 Å². The predicted molar refractivity (Wildman–Crippen MR) is 306 cm³/mol. The highest BCUT2D eigenvalue weighted by Gasteiger charge is 2.48. The van der Waals surface area contributed by atoms with Crippen LogP contribution in [0.1, 0.15) is 39.8 Å². The van der Waals surface area contributed by atoms with E-state index in [2.05, 4.69) is 281 Å². The van der Waals surface area contributed by atoms with E-state index in [0.29, 0.717) is 0 Å². The van der Waals surface area contributed by atoms with E-state index in [1.807, 2.05) is 0 Å². The quantitative estimate of drug-likeness (QED) is 0.154. The Morgan fingerprint density at radius 1 is 0.384 bits per heavy atom. The van der Waals surface area contributed by atoms with Crippen molar-refractivity contribution >= 4 is 85.5 Å². The summed E-state index contributed by atoms with van der Waals surface area (Å²) in [6, 6.07) is 83.6. The Labute approximate surface area is 427 Å². The maximum Gasteiger partial charge on any atom is 0.0703 e. The molecule has 2 aliphatic heterocycles. The summed E-state index contributed by atoms with van der Waals surface area (Å²) < 4.78 is 0. The number of hydrogen-bond acceptors (Lipinski definition) is 4. The topological polar surface area (TPSA) is 13.0 Å². The van der Waals surface area contributed by atoms with Gasteiger partial charge in [-0.3, -0.25) is 0 Å². The molecule has 346 valence electrons. The van der Waals surface area contributed by atoms with Crippen molar-refractivity contribution in [2.45, 2.75) is 30.7 Å². The molecule has 0 saturated carbocycles. The molecule has 5 aliphatic rings. The van der Waals surface area contributed by atoms with Crippen molar-refractivity contribution < 1.29 is 0 Å². The van der Waals surface area contributed by atoms with Crippen molar-refractivity contribution in [1.29, 1.82) is 0 Å². The Bertz CT molecular complexity index is 3840. The molecule has 10 aromatic carbocycles. The monoisotopic (exact) mass is 934 g/mol. The zero-order valence-corrected chi connectivity index (χ0v) is 40.3. The summed E-state index contributed by atoms with van der Waals surface area (Å²) in [5.41, 5.74) is 23.6. The molecule has 1 atom stereocenters. The van der Waals surface area contributed by atoms with Gasteiger partial charge in [-0.25, -0.2) is 0 Å². The van der Waals surface area contributed by atoms with Gasteiger partial charge in [-0.2, -0.15) is 0 Å². The molecule has 73 heavy (non-hydrogen) atoms. The lowest BCUT2D eigenvalue weighted by Crippen LogP contribution is -2.35. The molecule has 0 saturated heterocycles. The number of nitrogens with zero attached hydrogens (tertiary/aromatic N) is 4. The Morgan fingerprint density at radius 3 is 1.53 bits per heavy atom. The number of hydrogen-bond donors (Lipinski definition) is 0. The SMILES string of the molecule is C1=CCC(N2c3ccccc3N(c3ccc4c(c3)C3(Cc5ccccc5C3)c3cc(/C=C/c5ccc(N6c7ccccc7N(c7ccccc7)c7ccccc76)c6ccccc56)ccc3-4)c3ccccc32)C=C1. The number of anilines is 11. The van der Waals surface area contributed by atoms with Crippen molar-refractivity contribution in [2.75, 3.05) is 19.6 Å². The van der Waals surface area contributed by atoms with Gasteiger partial charge in [0, 0.05) is 22.2 Å². The number of fused-ring (bicyclic) bond motifs is 11. The van der Waals surface area contributed by atoms with Gasteiger partial charge in [0.2, 0.25) is 0 Å². The van der Waals surface area contributed by atoms with Crippen molar-refractivity contribution in [3.63, 3.8) is 0 Å². The second-order valence-corrected chi connectivity index (χ2v) is 20.1. The standard InChI is InChI=1S/C69H50N4/c1-3-21-51(22-4-1)70-61-27-11-13-29-63(61)72(64-30-14-12-28-62(64)70)53-39-41-56-55-40-36-47(43-58(55)69(59(56)44-53)45-49-19-7-8-20-50(49)46-69)35-37-48-38-42-60(57-26-10-9-25-54(48)57)73-67-33-17-15-31-65(67)71(52-23-5-2-6-24-52)66-32-16-18-34-68(66)73/h1-21,23-44,51H,22,45-46H2/b37-35+. The van der Waals surface area contributed by atoms with E-state index in [4.69, 9.17) is 0 Å². The van der Waals surface area contributed by atoms with Crippen LogP contribution >= 0.6 is 0 Å². The second-order valence-electron chi connectivity index (χ2n) is 20.1. The first-order valence-corrected chi connectivity index (χ1v) is 25.7. The molecule has 15 rings (SSSR count). The number of para-hydroxylation sites is 9. The molecule has 1 unspecified atom stereocenters. The smallest absolute Gasteiger partial charge is 0.0703 e. The van der Waals surface area contributed by atoms with E-state index in [1.54, 1.807) is 0 Å². The summed E-state index contributed by atoms with van der Waals surface area (Å²) in [5.74, 6) is 0. The summed E-state index contributed by atoms with van der Waals surface area (Å²) in [6.07, 6.45) is 16.6. The molecule has 1 spiro atoms.